The van der Waals surface area contributed by atoms with Crippen LogP contribution >= 0.6 is 0 Å². The molecule has 0 amide bonds. The third-order valence-corrected chi connectivity index (χ3v) is 2.94. The molecule has 16 heavy (non-hydrogen) atoms. The summed E-state index contributed by atoms with van der Waals surface area (Å²) in [5.74, 6) is 0. The van der Waals surface area contributed by atoms with Gasteiger partial charge >= 0.3 is 0 Å². The quantitative estimate of drug-likeness (QED) is 0.581. The second-order valence-corrected chi connectivity index (χ2v) is 4.00. The van der Waals surface area contributed by atoms with Crippen molar-refractivity contribution in [3.05, 3.63) is 0 Å². The van der Waals surface area contributed by atoms with Crippen LogP contribution in [-0.4, -0.2) is 64.8 Å². The van der Waals surface area contributed by atoms with E-state index in [9.17, 15) is 0 Å². The maximum absolute atomic E-state index is 5.77. The van der Waals surface area contributed by atoms with Gasteiger partial charge in [-0.3, -0.25) is 4.90 Å². The lowest BCUT2D eigenvalue weighted by Gasteiger charge is -2.33. The summed E-state index contributed by atoms with van der Waals surface area (Å²) in [6.07, 6.45) is 0.555. The molecule has 98 valence electrons. The van der Waals surface area contributed by atoms with Crippen LogP contribution in [0.3, 0.4) is 0 Å². The molecule has 0 aromatic rings. The summed E-state index contributed by atoms with van der Waals surface area (Å²) in [6, 6.07) is 0.558. The molecule has 0 aromatic heterocycles. The molecule has 5 nitrogen and oxygen atoms in total. The number of nitrogens with zero attached hydrogens (tertiary/aromatic N) is 1. The van der Waals surface area contributed by atoms with E-state index >= 15 is 0 Å². The summed E-state index contributed by atoms with van der Waals surface area (Å²) in [4.78, 5) is 2.20. The van der Waals surface area contributed by atoms with Gasteiger partial charge in [0.1, 0.15) is 0 Å². The van der Waals surface area contributed by atoms with Crippen molar-refractivity contribution in [1.82, 2.24) is 4.90 Å². The summed E-state index contributed by atoms with van der Waals surface area (Å²) in [7, 11) is 7.03. The number of ether oxygens (including phenoxy) is 3. The summed E-state index contributed by atoms with van der Waals surface area (Å²) >= 11 is 0. The van der Waals surface area contributed by atoms with Gasteiger partial charge in [-0.2, -0.15) is 0 Å². The first-order chi connectivity index (χ1) is 7.60. The zero-order valence-electron chi connectivity index (χ0n) is 11.1. The van der Waals surface area contributed by atoms with E-state index in [1.54, 1.807) is 21.3 Å². The third kappa shape index (κ3) is 5.23. The van der Waals surface area contributed by atoms with Crippen molar-refractivity contribution in [3.8, 4) is 0 Å². The van der Waals surface area contributed by atoms with E-state index in [1.165, 1.54) is 0 Å². The van der Waals surface area contributed by atoms with Gasteiger partial charge in [-0.05, 0) is 14.0 Å². The van der Waals surface area contributed by atoms with Crippen molar-refractivity contribution in [3.63, 3.8) is 0 Å². The number of rotatable bonds is 9. The topological polar surface area (TPSA) is 57.0 Å². The monoisotopic (exact) mass is 234 g/mol. The Morgan fingerprint density at radius 2 is 1.75 bits per heavy atom. The van der Waals surface area contributed by atoms with Crippen molar-refractivity contribution in [1.29, 1.82) is 0 Å². The first-order valence-electron chi connectivity index (χ1n) is 5.57. The van der Waals surface area contributed by atoms with E-state index in [4.69, 9.17) is 19.9 Å². The smallest absolute Gasteiger partial charge is 0.158 e. The Hall–Kier alpha value is -0.200. The number of nitrogens with two attached hydrogens (primary N) is 1. The predicted octanol–water partition coefficient (Wildman–Crippen LogP) is 0.289. The summed E-state index contributed by atoms with van der Waals surface area (Å²) in [5.41, 5.74) is 5.77. The zero-order chi connectivity index (χ0) is 12.6. The lowest BCUT2D eigenvalue weighted by Crippen LogP contribution is -2.46. The zero-order valence-corrected chi connectivity index (χ0v) is 11.1. The largest absolute Gasteiger partial charge is 0.383 e. The minimum atomic E-state index is -0.203. The van der Waals surface area contributed by atoms with Crippen LogP contribution in [0.25, 0.3) is 0 Å². The Kier molecular flexibility index (Phi) is 8.78. The molecule has 0 saturated heterocycles. The Morgan fingerprint density at radius 3 is 2.12 bits per heavy atom. The van der Waals surface area contributed by atoms with Crippen LogP contribution in [0.2, 0.25) is 0 Å². The summed E-state index contributed by atoms with van der Waals surface area (Å²) in [6.45, 7) is 3.38. The number of likely N-dealkylation sites (N-methyl/N-ethyl adjacent to an activating group) is 1. The highest BCUT2D eigenvalue weighted by molar-refractivity contribution is 4.75. The first kappa shape index (κ1) is 15.8. The Bertz CT molecular complexity index is 165. The average Bonchev–Trinajstić information content (AvgIpc) is 2.30. The third-order valence-electron chi connectivity index (χ3n) is 2.94. The van der Waals surface area contributed by atoms with Gasteiger partial charge in [0.25, 0.3) is 0 Å². The molecule has 5 heteroatoms. The van der Waals surface area contributed by atoms with E-state index in [-0.39, 0.29) is 12.3 Å². The molecule has 0 heterocycles. The normalized spacial score (nSPS) is 15.8. The second kappa shape index (κ2) is 8.90. The van der Waals surface area contributed by atoms with Gasteiger partial charge in [0.15, 0.2) is 6.29 Å². The first-order valence-corrected chi connectivity index (χ1v) is 5.57. The van der Waals surface area contributed by atoms with Crippen molar-refractivity contribution in [2.24, 2.45) is 5.73 Å². The molecule has 0 rings (SSSR count). The van der Waals surface area contributed by atoms with Crippen LogP contribution in [0.4, 0.5) is 0 Å². The highest BCUT2D eigenvalue weighted by Gasteiger charge is 2.22. The van der Waals surface area contributed by atoms with Gasteiger partial charge in [-0.15, -0.1) is 0 Å². The molecule has 0 bridgehead atoms. The number of methoxy groups -OCH3 is 3. The summed E-state index contributed by atoms with van der Waals surface area (Å²) in [5, 5.41) is 0. The molecule has 0 aliphatic rings. The second-order valence-electron chi connectivity index (χ2n) is 4.00. The van der Waals surface area contributed by atoms with Crippen LogP contribution in [0.1, 0.15) is 13.3 Å². The van der Waals surface area contributed by atoms with Gasteiger partial charge in [-0.1, -0.05) is 0 Å². The Balaban J connectivity index is 4.24. The summed E-state index contributed by atoms with van der Waals surface area (Å²) < 4.78 is 15.5. The molecule has 0 fully saturated rings. The van der Waals surface area contributed by atoms with E-state index in [1.807, 2.05) is 7.05 Å². The molecule has 0 aliphatic heterocycles. The van der Waals surface area contributed by atoms with E-state index < -0.39 is 0 Å². The molecule has 2 atom stereocenters. The van der Waals surface area contributed by atoms with Crippen LogP contribution in [-0.2, 0) is 14.2 Å². The molecule has 0 saturated carbocycles. The minimum absolute atomic E-state index is 0.203. The lowest BCUT2D eigenvalue weighted by atomic mass is 10.1. The average molecular weight is 234 g/mol. The van der Waals surface area contributed by atoms with Crippen molar-refractivity contribution >= 4 is 0 Å². The fourth-order valence-electron chi connectivity index (χ4n) is 1.66. The highest BCUT2D eigenvalue weighted by Crippen LogP contribution is 2.10. The maximum atomic E-state index is 5.77. The fraction of sp³-hybridized carbons (Fsp3) is 1.00. The number of hydrogen-bond acceptors (Lipinski definition) is 5. The molecule has 0 spiro atoms. The molecular weight excluding hydrogens is 208 g/mol. The van der Waals surface area contributed by atoms with Crippen molar-refractivity contribution in [2.45, 2.75) is 31.7 Å². The van der Waals surface area contributed by atoms with Gasteiger partial charge in [0, 0.05) is 46.4 Å². The van der Waals surface area contributed by atoms with Gasteiger partial charge < -0.3 is 19.9 Å². The van der Waals surface area contributed by atoms with Crippen molar-refractivity contribution in [2.75, 3.05) is 41.5 Å². The van der Waals surface area contributed by atoms with Gasteiger partial charge in [0.05, 0.1) is 6.61 Å². The highest BCUT2D eigenvalue weighted by atomic mass is 16.7. The Labute approximate surface area is 98.8 Å². The maximum Gasteiger partial charge on any atom is 0.158 e. The van der Waals surface area contributed by atoms with E-state index in [0.29, 0.717) is 19.2 Å². The fourth-order valence-corrected chi connectivity index (χ4v) is 1.66. The number of hydrogen-bond donors (Lipinski definition) is 1. The van der Waals surface area contributed by atoms with Crippen LogP contribution < -0.4 is 5.73 Å². The molecular formula is C11H26N2O3. The van der Waals surface area contributed by atoms with Crippen LogP contribution in [0.5, 0.6) is 0 Å². The molecule has 2 N–H and O–H groups in total. The van der Waals surface area contributed by atoms with E-state index in [0.717, 1.165) is 6.42 Å². The Morgan fingerprint density at radius 1 is 1.19 bits per heavy atom. The lowest BCUT2D eigenvalue weighted by molar-refractivity contribution is -0.117. The molecule has 0 aromatic carbocycles. The molecule has 0 aliphatic carbocycles. The molecule has 2 unspecified atom stereocenters. The van der Waals surface area contributed by atoms with Gasteiger partial charge in [0.2, 0.25) is 0 Å². The minimum Gasteiger partial charge on any atom is -0.383 e. The molecule has 0 radical (unpaired) electrons. The SMILES string of the molecule is COCC(C)N(C)C(CN)CC(OC)OC. The van der Waals surface area contributed by atoms with Crippen LogP contribution in [0, 0.1) is 0 Å². The van der Waals surface area contributed by atoms with Crippen molar-refractivity contribution < 1.29 is 14.2 Å². The van der Waals surface area contributed by atoms with Crippen LogP contribution in [0.15, 0.2) is 0 Å². The predicted molar refractivity (Wildman–Crippen MR) is 64.4 cm³/mol. The standard InChI is InChI=1S/C11H26N2O3/c1-9(8-14-3)13(2)10(7-12)6-11(15-4)16-5/h9-11H,6-8,12H2,1-5H3. The van der Waals surface area contributed by atoms with E-state index in [2.05, 4.69) is 11.8 Å². The van der Waals surface area contributed by atoms with Gasteiger partial charge in [-0.25, -0.2) is 0 Å².